The largest absolute Gasteiger partial charge is 0.496 e. The van der Waals surface area contributed by atoms with Crippen LogP contribution < -0.4 is 4.74 Å². The minimum absolute atomic E-state index is 0.720. The van der Waals surface area contributed by atoms with E-state index in [2.05, 4.69) is 53.8 Å². The van der Waals surface area contributed by atoms with Crippen LogP contribution in [-0.4, -0.2) is 20.5 Å². The summed E-state index contributed by atoms with van der Waals surface area (Å²) in [6, 6.07) is 9.71. The molecule has 1 nitrogen and oxygen atoms in total. The molecule has 96 valence electrons. The summed E-state index contributed by atoms with van der Waals surface area (Å²) in [5, 5.41) is 1.08. The average Bonchev–Trinajstić information content (AvgIpc) is 2.27. The number of benzene rings is 1. The van der Waals surface area contributed by atoms with Gasteiger partial charge in [-0.15, -0.1) is 0 Å². The molecule has 0 aromatic heterocycles. The van der Waals surface area contributed by atoms with E-state index in [1.165, 1.54) is 11.6 Å². The van der Waals surface area contributed by atoms with Crippen molar-refractivity contribution in [3.05, 3.63) is 29.8 Å². The van der Waals surface area contributed by atoms with Gasteiger partial charge >= 0.3 is 0 Å². The Kier molecular flexibility index (Phi) is 5.73. The number of methoxy groups -OCH3 is 1. The highest BCUT2D eigenvalue weighted by Gasteiger charge is 2.20. The van der Waals surface area contributed by atoms with Gasteiger partial charge in [0.15, 0.2) is 0 Å². The molecule has 0 saturated carbocycles. The number of halogens is 1. The molecule has 1 atom stereocenters. The van der Waals surface area contributed by atoms with Crippen LogP contribution in [0.3, 0.4) is 0 Å². The molecule has 0 saturated heterocycles. The molecule has 1 unspecified atom stereocenters. The minimum Gasteiger partial charge on any atom is -0.496 e. The van der Waals surface area contributed by atoms with E-state index in [1.807, 2.05) is 6.07 Å². The Morgan fingerprint density at radius 1 is 1.24 bits per heavy atom. The Hall–Kier alpha value is -0.283. The maximum absolute atomic E-state index is 5.42. The van der Waals surface area contributed by atoms with Crippen LogP contribution in [0.4, 0.5) is 0 Å². The summed E-state index contributed by atoms with van der Waals surface area (Å²) in [6.45, 7) is 7.31. The lowest BCUT2D eigenvalue weighted by Gasteiger charge is -2.23. The zero-order valence-corrected chi connectivity index (χ0v) is 13.9. The van der Waals surface area contributed by atoms with Gasteiger partial charge < -0.3 is 4.74 Å². The molecule has 0 N–H and O–H groups in total. The first-order valence-corrected chi connectivity index (χ1v) is 11.0. The first-order valence-electron chi connectivity index (χ1n) is 6.14. The summed E-state index contributed by atoms with van der Waals surface area (Å²) in [6.07, 6.45) is 1.11. The van der Waals surface area contributed by atoms with Crippen LogP contribution in [0.25, 0.3) is 0 Å². The third kappa shape index (κ3) is 5.26. The zero-order valence-electron chi connectivity index (χ0n) is 11.3. The van der Waals surface area contributed by atoms with Gasteiger partial charge in [0.25, 0.3) is 0 Å². The van der Waals surface area contributed by atoms with Crippen LogP contribution in [-0.2, 0) is 6.42 Å². The van der Waals surface area contributed by atoms with Crippen LogP contribution in [0.2, 0.25) is 25.7 Å². The summed E-state index contributed by atoms with van der Waals surface area (Å²) in [4.78, 5) is 0. The van der Waals surface area contributed by atoms with Gasteiger partial charge in [0.05, 0.1) is 7.11 Å². The maximum atomic E-state index is 5.42. The number of hydrogen-bond acceptors (Lipinski definition) is 1. The molecule has 0 aliphatic carbocycles. The van der Waals surface area contributed by atoms with Gasteiger partial charge in [-0.3, -0.25) is 0 Å². The molecule has 17 heavy (non-hydrogen) atoms. The Bertz CT molecular complexity index is 346. The quantitative estimate of drug-likeness (QED) is 0.551. The highest BCUT2D eigenvalue weighted by atomic mass is 79.9. The lowest BCUT2D eigenvalue weighted by Crippen LogP contribution is -2.25. The Balaban J connectivity index is 2.73. The lowest BCUT2D eigenvalue weighted by atomic mass is 10.0. The SMILES string of the molecule is COc1ccccc1CC(CBr)C[Si](C)(C)C. The van der Waals surface area contributed by atoms with Gasteiger partial charge in [-0.05, 0) is 24.0 Å². The van der Waals surface area contributed by atoms with E-state index in [0.717, 1.165) is 23.4 Å². The van der Waals surface area contributed by atoms with Crippen LogP contribution in [0, 0.1) is 5.92 Å². The molecule has 0 spiro atoms. The third-order valence-electron chi connectivity index (χ3n) is 2.82. The third-order valence-corrected chi connectivity index (χ3v) is 5.54. The summed E-state index contributed by atoms with van der Waals surface area (Å²) in [7, 11) is 0.757. The van der Waals surface area contributed by atoms with Gasteiger partial charge in [-0.1, -0.05) is 59.8 Å². The molecule has 0 bridgehead atoms. The van der Waals surface area contributed by atoms with E-state index >= 15 is 0 Å². The fraction of sp³-hybridized carbons (Fsp3) is 0.571. The number of alkyl halides is 1. The second-order valence-corrected chi connectivity index (χ2v) is 12.0. The second kappa shape index (κ2) is 6.60. The lowest BCUT2D eigenvalue weighted by molar-refractivity contribution is 0.407. The first-order chi connectivity index (χ1) is 7.96. The topological polar surface area (TPSA) is 9.23 Å². The van der Waals surface area contributed by atoms with Crippen molar-refractivity contribution in [1.29, 1.82) is 0 Å². The first kappa shape index (κ1) is 14.8. The smallest absolute Gasteiger partial charge is 0.122 e. The van der Waals surface area contributed by atoms with Gasteiger partial charge in [0.1, 0.15) is 5.75 Å². The molecular formula is C14H23BrOSi. The van der Waals surface area contributed by atoms with Gasteiger partial charge in [0.2, 0.25) is 0 Å². The number of rotatable bonds is 6. The Labute approximate surface area is 115 Å². The van der Waals surface area contributed by atoms with Crippen molar-refractivity contribution in [3.63, 3.8) is 0 Å². The van der Waals surface area contributed by atoms with Crippen molar-refractivity contribution < 1.29 is 4.74 Å². The number of ether oxygens (including phenoxy) is 1. The predicted octanol–water partition coefficient (Wildman–Crippen LogP) is 4.59. The predicted molar refractivity (Wildman–Crippen MR) is 82.1 cm³/mol. The summed E-state index contributed by atoms with van der Waals surface area (Å²) in [5.74, 6) is 1.74. The van der Waals surface area contributed by atoms with E-state index in [4.69, 9.17) is 4.74 Å². The molecule has 0 amide bonds. The molecule has 0 aliphatic rings. The van der Waals surface area contributed by atoms with Gasteiger partial charge in [-0.2, -0.15) is 0 Å². The minimum atomic E-state index is -0.994. The fourth-order valence-electron chi connectivity index (χ4n) is 2.23. The highest BCUT2D eigenvalue weighted by molar-refractivity contribution is 9.09. The van der Waals surface area contributed by atoms with Crippen LogP contribution >= 0.6 is 15.9 Å². The fourth-order valence-corrected chi connectivity index (χ4v) is 5.13. The van der Waals surface area contributed by atoms with Crippen molar-refractivity contribution in [3.8, 4) is 5.75 Å². The van der Waals surface area contributed by atoms with Crippen LogP contribution in [0.5, 0.6) is 5.75 Å². The summed E-state index contributed by atoms with van der Waals surface area (Å²) < 4.78 is 5.42. The van der Waals surface area contributed by atoms with Crippen molar-refractivity contribution in [2.24, 2.45) is 5.92 Å². The molecule has 0 heterocycles. The van der Waals surface area contributed by atoms with E-state index in [0.29, 0.717) is 0 Å². The van der Waals surface area contributed by atoms with Crippen LogP contribution in [0.1, 0.15) is 5.56 Å². The van der Waals surface area contributed by atoms with Crippen molar-refractivity contribution in [1.82, 2.24) is 0 Å². The molecule has 0 aliphatic heterocycles. The van der Waals surface area contributed by atoms with Crippen molar-refractivity contribution in [2.45, 2.75) is 32.1 Å². The van der Waals surface area contributed by atoms with Crippen molar-refractivity contribution in [2.75, 3.05) is 12.4 Å². The zero-order chi connectivity index (χ0) is 12.9. The monoisotopic (exact) mass is 314 g/mol. The van der Waals surface area contributed by atoms with E-state index in [1.54, 1.807) is 7.11 Å². The van der Waals surface area contributed by atoms with Crippen molar-refractivity contribution >= 4 is 24.0 Å². The highest BCUT2D eigenvalue weighted by Crippen LogP contribution is 2.26. The molecule has 0 fully saturated rings. The van der Waals surface area contributed by atoms with E-state index in [-0.39, 0.29) is 0 Å². The Morgan fingerprint density at radius 2 is 1.88 bits per heavy atom. The molecule has 3 heteroatoms. The van der Waals surface area contributed by atoms with Gasteiger partial charge in [0, 0.05) is 13.4 Å². The summed E-state index contributed by atoms with van der Waals surface area (Å²) in [5.41, 5.74) is 1.33. The normalized spacial score (nSPS) is 13.5. The molecule has 1 aromatic rings. The number of para-hydroxylation sites is 1. The Morgan fingerprint density at radius 3 is 2.41 bits per heavy atom. The average molecular weight is 315 g/mol. The van der Waals surface area contributed by atoms with E-state index in [9.17, 15) is 0 Å². The molecular weight excluding hydrogens is 292 g/mol. The molecule has 0 radical (unpaired) electrons. The molecule has 1 rings (SSSR count). The second-order valence-electron chi connectivity index (χ2n) is 5.80. The standard InChI is InChI=1S/C14H23BrOSi/c1-16-14-8-6-5-7-13(14)9-12(10-15)11-17(2,3)4/h5-8,12H,9-11H2,1-4H3. The van der Waals surface area contributed by atoms with Gasteiger partial charge in [-0.25, -0.2) is 0 Å². The maximum Gasteiger partial charge on any atom is 0.122 e. The number of hydrogen-bond donors (Lipinski definition) is 0. The molecule has 1 aromatic carbocycles. The van der Waals surface area contributed by atoms with E-state index < -0.39 is 8.07 Å². The van der Waals surface area contributed by atoms with Crippen LogP contribution in [0.15, 0.2) is 24.3 Å². The summed E-state index contributed by atoms with van der Waals surface area (Å²) >= 11 is 3.65.